The SMILES string of the molecule is COc1ccc(NC(=O)CCCl)cc1C(F)(F)F. The molecule has 7 heteroatoms. The zero-order chi connectivity index (χ0) is 13.8. The number of anilines is 1. The van der Waals surface area contributed by atoms with Gasteiger partial charge in [-0.05, 0) is 18.2 Å². The fourth-order valence-electron chi connectivity index (χ4n) is 1.32. The van der Waals surface area contributed by atoms with Crippen molar-refractivity contribution in [2.24, 2.45) is 0 Å². The van der Waals surface area contributed by atoms with Crippen molar-refractivity contribution in [3.8, 4) is 5.75 Å². The molecular weight excluding hydrogens is 271 g/mol. The van der Waals surface area contributed by atoms with Crippen LogP contribution in [0.25, 0.3) is 0 Å². The van der Waals surface area contributed by atoms with E-state index in [4.69, 9.17) is 11.6 Å². The van der Waals surface area contributed by atoms with Crippen LogP contribution in [0.4, 0.5) is 18.9 Å². The van der Waals surface area contributed by atoms with Gasteiger partial charge in [-0.3, -0.25) is 4.79 Å². The minimum atomic E-state index is -4.54. The van der Waals surface area contributed by atoms with Gasteiger partial charge in [-0.1, -0.05) is 0 Å². The van der Waals surface area contributed by atoms with E-state index in [9.17, 15) is 18.0 Å². The number of hydrogen-bond acceptors (Lipinski definition) is 2. The van der Waals surface area contributed by atoms with Crippen LogP contribution in [0.15, 0.2) is 18.2 Å². The van der Waals surface area contributed by atoms with E-state index in [0.717, 1.165) is 19.2 Å². The molecule has 0 heterocycles. The van der Waals surface area contributed by atoms with Crippen LogP contribution in [0.5, 0.6) is 5.75 Å². The molecule has 0 aliphatic carbocycles. The van der Waals surface area contributed by atoms with E-state index in [2.05, 4.69) is 10.1 Å². The lowest BCUT2D eigenvalue weighted by molar-refractivity contribution is -0.138. The summed E-state index contributed by atoms with van der Waals surface area (Å²) >= 11 is 5.35. The zero-order valence-electron chi connectivity index (χ0n) is 9.47. The molecule has 0 aromatic heterocycles. The molecule has 0 saturated carbocycles. The van der Waals surface area contributed by atoms with Crippen molar-refractivity contribution in [1.82, 2.24) is 0 Å². The number of carbonyl (C=O) groups excluding carboxylic acids is 1. The van der Waals surface area contributed by atoms with E-state index >= 15 is 0 Å². The first-order chi connectivity index (χ1) is 8.38. The molecule has 0 aliphatic rings. The predicted octanol–water partition coefficient (Wildman–Crippen LogP) is 3.28. The molecule has 0 bridgehead atoms. The summed E-state index contributed by atoms with van der Waals surface area (Å²) < 4.78 is 42.7. The van der Waals surface area contributed by atoms with E-state index in [-0.39, 0.29) is 23.7 Å². The summed E-state index contributed by atoms with van der Waals surface area (Å²) in [6.07, 6.45) is -4.51. The van der Waals surface area contributed by atoms with Crippen molar-refractivity contribution in [2.45, 2.75) is 12.6 Å². The number of alkyl halides is 4. The van der Waals surface area contributed by atoms with Crippen molar-refractivity contribution in [3.05, 3.63) is 23.8 Å². The van der Waals surface area contributed by atoms with Crippen molar-refractivity contribution < 1.29 is 22.7 Å². The second-order valence-corrected chi connectivity index (χ2v) is 3.78. The molecule has 1 aromatic rings. The average Bonchev–Trinajstić information content (AvgIpc) is 2.28. The lowest BCUT2D eigenvalue weighted by Crippen LogP contribution is -2.13. The van der Waals surface area contributed by atoms with E-state index < -0.39 is 17.6 Å². The highest BCUT2D eigenvalue weighted by molar-refractivity contribution is 6.19. The van der Waals surface area contributed by atoms with Crippen LogP contribution in [-0.2, 0) is 11.0 Å². The quantitative estimate of drug-likeness (QED) is 0.860. The maximum absolute atomic E-state index is 12.7. The Kier molecular flexibility index (Phi) is 4.84. The average molecular weight is 282 g/mol. The number of halogens is 4. The van der Waals surface area contributed by atoms with Crippen LogP contribution < -0.4 is 10.1 Å². The molecule has 0 aliphatic heterocycles. The van der Waals surface area contributed by atoms with E-state index in [0.29, 0.717) is 0 Å². The largest absolute Gasteiger partial charge is 0.496 e. The molecule has 0 radical (unpaired) electrons. The molecule has 0 spiro atoms. The second-order valence-electron chi connectivity index (χ2n) is 3.40. The van der Waals surface area contributed by atoms with Crippen LogP contribution in [0.1, 0.15) is 12.0 Å². The third kappa shape index (κ3) is 3.80. The molecule has 1 amide bonds. The molecule has 0 unspecified atom stereocenters. The van der Waals surface area contributed by atoms with Crippen LogP contribution in [0.3, 0.4) is 0 Å². The first kappa shape index (κ1) is 14.6. The van der Waals surface area contributed by atoms with Crippen molar-refractivity contribution in [3.63, 3.8) is 0 Å². The van der Waals surface area contributed by atoms with Crippen LogP contribution in [0.2, 0.25) is 0 Å². The third-order valence-corrected chi connectivity index (χ3v) is 2.30. The number of carbonyl (C=O) groups is 1. The summed E-state index contributed by atoms with van der Waals surface area (Å²) in [5.74, 6) is -0.630. The number of rotatable bonds is 4. The van der Waals surface area contributed by atoms with Gasteiger partial charge in [-0.15, -0.1) is 11.6 Å². The van der Waals surface area contributed by atoms with Gasteiger partial charge in [0.1, 0.15) is 5.75 Å². The normalized spacial score (nSPS) is 11.2. The maximum Gasteiger partial charge on any atom is 0.420 e. The number of benzene rings is 1. The van der Waals surface area contributed by atoms with Gasteiger partial charge in [0.05, 0.1) is 12.7 Å². The highest BCUT2D eigenvalue weighted by Crippen LogP contribution is 2.37. The van der Waals surface area contributed by atoms with Gasteiger partial charge in [0.15, 0.2) is 0 Å². The minimum Gasteiger partial charge on any atom is -0.496 e. The van der Waals surface area contributed by atoms with Crippen molar-refractivity contribution in [1.29, 1.82) is 0 Å². The van der Waals surface area contributed by atoms with E-state index in [1.165, 1.54) is 6.07 Å². The monoisotopic (exact) mass is 281 g/mol. The molecule has 0 fully saturated rings. The molecule has 0 saturated heterocycles. The fourth-order valence-corrected chi connectivity index (χ4v) is 1.49. The van der Waals surface area contributed by atoms with E-state index in [1.807, 2.05) is 0 Å². The van der Waals surface area contributed by atoms with Gasteiger partial charge in [-0.2, -0.15) is 13.2 Å². The molecular formula is C11H11ClF3NO2. The Hall–Kier alpha value is -1.43. The fraction of sp³-hybridized carbons (Fsp3) is 0.364. The Balaban J connectivity index is 3.00. The first-order valence-corrected chi connectivity index (χ1v) is 5.53. The summed E-state index contributed by atoms with van der Waals surface area (Å²) in [7, 11) is 1.15. The standard InChI is InChI=1S/C11H11ClF3NO2/c1-18-9-3-2-7(16-10(17)4-5-12)6-8(9)11(13,14)15/h2-3,6H,4-5H2,1H3,(H,16,17). The highest BCUT2D eigenvalue weighted by atomic mass is 35.5. The third-order valence-electron chi connectivity index (χ3n) is 2.11. The summed E-state index contributed by atoms with van der Waals surface area (Å²) in [6.45, 7) is 0. The molecule has 1 rings (SSSR count). The number of methoxy groups -OCH3 is 1. The summed E-state index contributed by atoms with van der Waals surface area (Å²) in [6, 6.07) is 3.31. The minimum absolute atomic E-state index is 0.0366. The number of hydrogen-bond donors (Lipinski definition) is 1. The number of ether oxygens (including phenoxy) is 1. The van der Waals surface area contributed by atoms with Gasteiger partial charge in [0, 0.05) is 18.0 Å². The predicted molar refractivity (Wildman–Crippen MR) is 62.0 cm³/mol. The topological polar surface area (TPSA) is 38.3 Å². The smallest absolute Gasteiger partial charge is 0.420 e. The lowest BCUT2D eigenvalue weighted by Gasteiger charge is -2.13. The Morgan fingerprint density at radius 1 is 1.44 bits per heavy atom. The number of amides is 1. The Bertz CT molecular complexity index is 435. The van der Waals surface area contributed by atoms with Crippen LogP contribution in [-0.4, -0.2) is 18.9 Å². The summed E-state index contributed by atoms with van der Waals surface area (Å²) in [4.78, 5) is 11.2. The van der Waals surface area contributed by atoms with Gasteiger partial charge in [-0.25, -0.2) is 0 Å². The molecule has 1 aromatic carbocycles. The lowest BCUT2D eigenvalue weighted by atomic mass is 10.1. The van der Waals surface area contributed by atoms with Gasteiger partial charge < -0.3 is 10.1 Å². The summed E-state index contributed by atoms with van der Waals surface area (Å²) in [5, 5.41) is 2.33. The number of nitrogens with one attached hydrogen (secondary N) is 1. The Labute approximate surface area is 107 Å². The van der Waals surface area contributed by atoms with Crippen molar-refractivity contribution >= 4 is 23.2 Å². The van der Waals surface area contributed by atoms with Crippen LogP contribution >= 0.6 is 11.6 Å². The molecule has 18 heavy (non-hydrogen) atoms. The molecule has 100 valence electrons. The Morgan fingerprint density at radius 3 is 2.61 bits per heavy atom. The van der Waals surface area contributed by atoms with E-state index in [1.54, 1.807) is 0 Å². The van der Waals surface area contributed by atoms with Gasteiger partial charge in [0.25, 0.3) is 0 Å². The Morgan fingerprint density at radius 2 is 2.11 bits per heavy atom. The second kappa shape index (κ2) is 5.95. The summed E-state index contributed by atoms with van der Waals surface area (Å²) in [5.41, 5.74) is -0.882. The van der Waals surface area contributed by atoms with Crippen LogP contribution in [0, 0.1) is 0 Å². The molecule has 0 atom stereocenters. The highest BCUT2D eigenvalue weighted by Gasteiger charge is 2.34. The molecule has 1 N–H and O–H groups in total. The van der Waals surface area contributed by atoms with Gasteiger partial charge >= 0.3 is 6.18 Å². The first-order valence-electron chi connectivity index (χ1n) is 4.99. The van der Waals surface area contributed by atoms with Gasteiger partial charge in [0.2, 0.25) is 5.91 Å². The zero-order valence-corrected chi connectivity index (χ0v) is 10.2. The molecule has 3 nitrogen and oxygen atoms in total. The van der Waals surface area contributed by atoms with Crippen molar-refractivity contribution in [2.75, 3.05) is 18.3 Å². The maximum atomic E-state index is 12.7.